The number of rotatable bonds is 13. The Bertz CT molecular complexity index is 1740. The molecule has 52 heavy (non-hydrogen) atoms. The van der Waals surface area contributed by atoms with Gasteiger partial charge in [0, 0.05) is 25.4 Å². The van der Waals surface area contributed by atoms with Crippen LogP contribution in [-0.2, 0) is 25.1 Å². The number of hydrogen-bond acceptors (Lipinski definition) is 12. The van der Waals surface area contributed by atoms with Crippen LogP contribution in [0.2, 0.25) is 15.3 Å². The lowest BCUT2D eigenvalue weighted by molar-refractivity contribution is -0.146. The summed E-state index contributed by atoms with van der Waals surface area (Å²) in [7, 11) is -3.10. The van der Waals surface area contributed by atoms with E-state index in [0.29, 0.717) is 18.0 Å². The minimum absolute atomic E-state index is 0.0246. The number of ether oxygens (including phenoxy) is 2. The Kier molecular flexibility index (Phi) is 18.6. The van der Waals surface area contributed by atoms with Crippen LogP contribution in [0.4, 0.5) is 25.1 Å². The molecule has 288 valence electrons. The molecule has 3 atom stereocenters. The van der Waals surface area contributed by atoms with E-state index in [4.69, 9.17) is 65.1 Å². The van der Waals surface area contributed by atoms with Gasteiger partial charge in [-0.2, -0.15) is 28.1 Å². The quantitative estimate of drug-likeness (QED) is 0.0760. The first kappa shape index (κ1) is 46.1. The number of benzene rings is 2. The fourth-order valence-corrected chi connectivity index (χ4v) is 4.63. The first-order valence-corrected chi connectivity index (χ1v) is 18.3. The first-order chi connectivity index (χ1) is 23.9. The molecule has 1 aromatic heterocycles. The third kappa shape index (κ3) is 17.5. The zero-order valence-corrected chi connectivity index (χ0v) is 31.4. The van der Waals surface area contributed by atoms with E-state index in [1.165, 1.54) is 18.8 Å². The fourth-order valence-electron chi connectivity index (χ4n) is 3.30. The third-order valence-electron chi connectivity index (χ3n) is 5.81. The largest absolute Gasteiger partial charge is 0.480 e. The molecule has 0 saturated heterocycles. The predicted molar refractivity (Wildman–Crippen MR) is 189 cm³/mol. The highest BCUT2D eigenvalue weighted by Gasteiger charge is 2.31. The van der Waals surface area contributed by atoms with Crippen molar-refractivity contribution in [3.63, 3.8) is 0 Å². The van der Waals surface area contributed by atoms with Gasteiger partial charge in [0.15, 0.2) is 13.5 Å². The van der Waals surface area contributed by atoms with Gasteiger partial charge in [-0.15, -0.1) is 0 Å². The molecule has 0 aliphatic rings. The van der Waals surface area contributed by atoms with Crippen LogP contribution in [0.5, 0.6) is 11.5 Å². The summed E-state index contributed by atoms with van der Waals surface area (Å²) in [6, 6.07) is 5.57. The summed E-state index contributed by atoms with van der Waals surface area (Å²) in [5.41, 5.74) is 3.97. The van der Waals surface area contributed by atoms with Crippen LogP contribution < -0.4 is 21.1 Å². The second kappa shape index (κ2) is 20.9. The van der Waals surface area contributed by atoms with Crippen molar-refractivity contribution in [2.75, 3.05) is 30.0 Å². The maximum absolute atomic E-state index is 12.7. The van der Waals surface area contributed by atoms with Gasteiger partial charge in [0.25, 0.3) is 0 Å². The number of nitrogens with one attached hydrogen (secondary N) is 2. The molecule has 15 nitrogen and oxygen atoms in total. The monoisotopic (exact) mass is 818 g/mol. The van der Waals surface area contributed by atoms with Crippen molar-refractivity contribution in [3.8, 4) is 11.5 Å². The Morgan fingerprint density at radius 3 is 2.08 bits per heavy atom. The molecule has 2 unspecified atom stereocenters. The lowest BCUT2D eigenvalue weighted by Crippen LogP contribution is -2.30. The number of carboxylic acids is 2. The Hall–Kier alpha value is -3.93. The Morgan fingerprint density at radius 1 is 0.962 bits per heavy atom. The topological polar surface area (TPSA) is 236 Å². The van der Waals surface area contributed by atoms with E-state index in [2.05, 4.69) is 25.6 Å². The second-order valence-corrected chi connectivity index (χ2v) is 14.6. The number of hydrogen-bond donors (Lipinski definition) is 6. The molecule has 0 aliphatic heterocycles. The maximum atomic E-state index is 12.7. The number of nitrogens with two attached hydrogens (primary N) is 1. The van der Waals surface area contributed by atoms with Crippen LogP contribution in [-0.4, -0.2) is 85.5 Å². The van der Waals surface area contributed by atoms with E-state index in [0.717, 1.165) is 31.7 Å². The minimum atomic E-state index is -4.56. The first-order valence-electron chi connectivity index (χ1n) is 14.9. The molecule has 0 amide bonds. The molecule has 0 saturated carbocycles. The number of esters is 1. The molecular formula is C30H37Cl3F3N6O9P. The summed E-state index contributed by atoms with van der Waals surface area (Å²) < 4.78 is 58.8. The fraction of sp³-hybridized carbons (Fsp3) is 0.400. The molecule has 3 aromatic rings. The van der Waals surface area contributed by atoms with Gasteiger partial charge in [-0.05, 0) is 82.1 Å². The van der Waals surface area contributed by atoms with Gasteiger partial charge in [-0.1, -0.05) is 23.2 Å². The van der Waals surface area contributed by atoms with Gasteiger partial charge < -0.3 is 40.9 Å². The summed E-state index contributed by atoms with van der Waals surface area (Å²) in [4.78, 5) is 53.7. The van der Waals surface area contributed by atoms with E-state index in [1.54, 1.807) is 0 Å². The maximum Gasteiger partial charge on any atom is 0.416 e. The SMILES string of the molecule is CCNc1nc(Cl)nc(NC(C)C)n1.CP(=O)(O)CCC(N)C(=O)O.C[C@H](OC(=O)c1cc(Oc2ccc(C(F)(F)F)cc2Cl)ccc1Cl)C(=O)O. The number of aromatic nitrogens is 3. The van der Waals surface area contributed by atoms with Crippen molar-refractivity contribution < 1.29 is 56.7 Å². The van der Waals surface area contributed by atoms with Crippen LogP contribution >= 0.6 is 42.2 Å². The van der Waals surface area contributed by atoms with Gasteiger partial charge in [-0.25, -0.2) is 9.59 Å². The van der Waals surface area contributed by atoms with E-state index in [-0.39, 0.29) is 51.0 Å². The van der Waals surface area contributed by atoms with Crippen molar-refractivity contribution in [3.05, 3.63) is 62.9 Å². The van der Waals surface area contributed by atoms with E-state index >= 15 is 0 Å². The molecular weight excluding hydrogens is 783 g/mol. The zero-order chi connectivity index (χ0) is 40.0. The molecule has 0 aliphatic carbocycles. The highest BCUT2D eigenvalue weighted by atomic mass is 35.5. The number of alkyl halides is 3. The van der Waals surface area contributed by atoms with Crippen LogP contribution in [0, 0.1) is 0 Å². The molecule has 1 heterocycles. The van der Waals surface area contributed by atoms with Gasteiger partial charge in [-0.3, -0.25) is 9.36 Å². The molecule has 0 spiro atoms. The minimum Gasteiger partial charge on any atom is -0.480 e. The van der Waals surface area contributed by atoms with Gasteiger partial charge in [0.05, 0.1) is 21.2 Å². The summed E-state index contributed by atoms with van der Waals surface area (Å²) in [5, 5.41) is 23.0. The van der Waals surface area contributed by atoms with Crippen molar-refractivity contribution in [1.29, 1.82) is 0 Å². The van der Waals surface area contributed by atoms with Gasteiger partial charge in [0.2, 0.25) is 17.2 Å². The standard InChI is InChI=1S/C17H11Cl2F3O5.C8H14ClN5.C5H12NO4P/c1-8(15(23)24)26-16(25)11-7-10(3-4-12(11)18)27-14-5-2-9(6-13(14)19)17(20,21)22;1-4-10-7-12-6(9)13-8(14-7)11-5(2)3;1-11(9,10)3-2-4(6)5(7)8/h2-8H,1H3,(H,23,24);5H,4H2,1-3H3,(H2,10,11,12,13,14);4H,2-3,6H2,1H3,(H,7,8)(H,9,10)/t8-;;/m0../s1. The Labute approximate surface area is 311 Å². The molecule has 0 fully saturated rings. The molecule has 0 radical (unpaired) electrons. The summed E-state index contributed by atoms with van der Waals surface area (Å²) in [6.07, 6.45) is -5.96. The van der Waals surface area contributed by atoms with Crippen LogP contribution in [0.1, 0.15) is 50.0 Å². The van der Waals surface area contributed by atoms with Gasteiger partial charge >= 0.3 is 24.1 Å². The van der Waals surface area contributed by atoms with E-state index < -0.39 is 49.2 Å². The van der Waals surface area contributed by atoms with Crippen molar-refractivity contribution in [1.82, 2.24) is 15.0 Å². The lowest BCUT2D eigenvalue weighted by atomic mass is 10.2. The van der Waals surface area contributed by atoms with Crippen LogP contribution in [0.15, 0.2) is 36.4 Å². The second-order valence-electron chi connectivity index (χ2n) is 10.9. The van der Waals surface area contributed by atoms with Crippen molar-refractivity contribution >= 4 is 72.0 Å². The molecule has 22 heteroatoms. The smallest absolute Gasteiger partial charge is 0.416 e. The van der Waals surface area contributed by atoms with Crippen LogP contribution in [0.25, 0.3) is 0 Å². The average molecular weight is 820 g/mol. The number of carbonyl (C=O) groups excluding carboxylic acids is 1. The highest BCUT2D eigenvalue weighted by Crippen LogP contribution is 2.37. The zero-order valence-electron chi connectivity index (χ0n) is 28.2. The normalized spacial score (nSPS) is 13.2. The van der Waals surface area contributed by atoms with Crippen molar-refractivity contribution in [2.45, 2.75) is 58.5 Å². The molecule has 0 bridgehead atoms. The summed E-state index contributed by atoms with van der Waals surface area (Å²) in [6.45, 7) is 9.07. The molecule has 2 aromatic carbocycles. The van der Waals surface area contributed by atoms with Crippen LogP contribution in [0.3, 0.4) is 0 Å². The molecule has 7 N–H and O–H groups in total. The predicted octanol–water partition coefficient (Wildman–Crippen LogP) is 6.90. The third-order valence-corrected chi connectivity index (χ3v) is 7.69. The average Bonchev–Trinajstić information content (AvgIpc) is 3.00. The van der Waals surface area contributed by atoms with E-state index in [1.807, 2.05) is 20.8 Å². The van der Waals surface area contributed by atoms with E-state index in [9.17, 15) is 32.1 Å². The number of anilines is 2. The molecule has 3 rings (SSSR count). The van der Waals surface area contributed by atoms with Crippen molar-refractivity contribution in [2.24, 2.45) is 5.73 Å². The Morgan fingerprint density at radius 2 is 1.58 bits per heavy atom. The number of halogens is 6. The lowest BCUT2D eigenvalue weighted by Gasteiger charge is -2.13. The number of carbonyl (C=O) groups is 3. The number of nitrogens with zero attached hydrogens (tertiary/aromatic N) is 3. The highest BCUT2D eigenvalue weighted by molar-refractivity contribution is 7.57. The number of carboxylic acid groups (broad SMARTS) is 2. The summed E-state index contributed by atoms with van der Waals surface area (Å²) in [5.74, 6) is -2.53. The Balaban J connectivity index is 0.000000450. The summed E-state index contributed by atoms with van der Waals surface area (Å²) >= 11 is 17.4. The van der Waals surface area contributed by atoms with Gasteiger partial charge in [0.1, 0.15) is 17.5 Å². The number of aliphatic carboxylic acids is 2.